The lowest BCUT2D eigenvalue weighted by molar-refractivity contribution is -0.122. The zero-order chi connectivity index (χ0) is 16.9. The maximum Gasteiger partial charge on any atom is 0.220 e. The fraction of sp³-hybridized carbons (Fsp3) is 0.474. The molecule has 4 nitrogen and oxygen atoms in total. The topological polar surface area (TPSA) is 55.1 Å². The van der Waals surface area contributed by atoms with Crippen molar-refractivity contribution in [3.8, 4) is 11.3 Å². The van der Waals surface area contributed by atoms with Gasteiger partial charge in [-0.05, 0) is 55.9 Å². The molecule has 0 saturated heterocycles. The van der Waals surface area contributed by atoms with Crippen LogP contribution in [0.25, 0.3) is 11.3 Å². The molecule has 1 N–H and O–H groups in total. The summed E-state index contributed by atoms with van der Waals surface area (Å²) in [4.78, 5) is 16.3. The molecule has 0 spiro atoms. The van der Waals surface area contributed by atoms with Gasteiger partial charge in [-0.15, -0.1) is 0 Å². The summed E-state index contributed by atoms with van der Waals surface area (Å²) < 4.78 is 5.73. The van der Waals surface area contributed by atoms with E-state index in [1.807, 2.05) is 24.3 Å². The van der Waals surface area contributed by atoms with E-state index in [-0.39, 0.29) is 5.91 Å². The average molecular weight is 347 g/mol. The van der Waals surface area contributed by atoms with Crippen LogP contribution in [0, 0.1) is 5.92 Å². The number of aryl methyl sites for hydroxylation is 1. The molecule has 5 heteroatoms. The SMILES string of the molecule is CC1CCC(NC(=O)CCc2ncc(-c3ccc(Cl)cc3)o2)CC1. The number of rotatable bonds is 5. The van der Waals surface area contributed by atoms with E-state index in [1.165, 1.54) is 12.8 Å². The maximum absolute atomic E-state index is 12.1. The van der Waals surface area contributed by atoms with Crippen LogP contribution in [0.3, 0.4) is 0 Å². The number of carbonyl (C=O) groups is 1. The van der Waals surface area contributed by atoms with Crippen LogP contribution in [-0.4, -0.2) is 16.9 Å². The number of hydrogen-bond acceptors (Lipinski definition) is 3. The molecule has 0 radical (unpaired) electrons. The molecule has 1 aromatic carbocycles. The summed E-state index contributed by atoms with van der Waals surface area (Å²) in [5, 5.41) is 3.82. The van der Waals surface area contributed by atoms with Crippen LogP contribution in [0.15, 0.2) is 34.9 Å². The molecule has 128 valence electrons. The van der Waals surface area contributed by atoms with Crippen molar-refractivity contribution in [2.75, 3.05) is 0 Å². The molecule has 1 aromatic heterocycles. The van der Waals surface area contributed by atoms with E-state index in [4.69, 9.17) is 16.0 Å². The lowest BCUT2D eigenvalue weighted by Gasteiger charge is -2.26. The molecule has 0 unspecified atom stereocenters. The number of oxazole rings is 1. The van der Waals surface area contributed by atoms with E-state index in [9.17, 15) is 4.79 Å². The predicted molar refractivity (Wildman–Crippen MR) is 94.8 cm³/mol. The smallest absolute Gasteiger partial charge is 0.220 e. The summed E-state index contributed by atoms with van der Waals surface area (Å²) >= 11 is 5.89. The second-order valence-corrected chi connectivity index (χ2v) is 7.09. The van der Waals surface area contributed by atoms with Gasteiger partial charge < -0.3 is 9.73 Å². The first-order valence-electron chi connectivity index (χ1n) is 8.60. The van der Waals surface area contributed by atoms with Gasteiger partial charge in [0.2, 0.25) is 5.91 Å². The molecule has 0 aliphatic heterocycles. The minimum atomic E-state index is 0.0841. The van der Waals surface area contributed by atoms with E-state index < -0.39 is 0 Å². The van der Waals surface area contributed by atoms with Gasteiger partial charge in [0.1, 0.15) is 0 Å². The van der Waals surface area contributed by atoms with Gasteiger partial charge >= 0.3 is 0 Å². The van der Waals surface area contributed by atoms with Crippen molar-refractivity contribution in [1.82, 2.24) is 10.3 Å². The fourth-order valence-electron chi connectivity index (χ4n) is 3.10. The van der Waals surface area contributed by atoms with Gasteiger partial charge in [0, 0.05) is 29.5 Å². The van der Waals surface area contributed by atoms with Gasteiger partial charge in [-0.3, -0.25) is 4.79 Å². The molecule has 1 fully saturated rings. The van der Waals surface area contributed by atoms with E-state index in [0.717, 1.165) is 24.3 Å². The summed E-state index contributed by atoms with van der Waals surface area (Å²) in [5.74, 6) is 2.16. The van der Waals surface area contributed by atoms with Gasteiger partial charge in [-0.2, -0.15) is 0 Å². The highest BCUT2D eigenvalue weighted by Crippen LogP contribution is 2.24. The number of halogens is 1. The predicted octanol–water partition coefficient (Wildman–Crippen LogP) is 4.62. The van der Waals surface area contributed by atoms with Gasteiger partial charge in [0.25, 0.3) is 0 Å². The Bertz CT molecular complexity index is 673. The average Bonchev–Trinajstić information content (AvgIpc) is 3.05. The van der Waals surface area contributed by atoms with Gasteiger partial charge in [-0.25, -0.2) is 4.98 Å². The number of hydrogen-bond donors (Lipinski definition) is 1. The minimum absolute atomic E-state index is 0.0841. The Labute approximate surface area is 147 Å². The van der Waals surface area contributed by atoms with E-state index in [0.29, 0.717) is 35.6 Å². The maximum atomic E-state index is 12.1. The number of amides is 1. The van der Waals surface area contributed by atoms with Crippen molar-refractivity contribution >= 4 is 17.5 Å². The lowest BCUT2D eigenvalue weighted by atomic mass is 9.87. The van der Waals surface area contributed by atoms with E-state index in [1.54, 1.807) is 6.20 Å². The van der Waals surface area contributed by atoms with Crippen LogP contribution in [0.4, 0.5) is 0 Å². The van der Waals surface area contributed by atoms with Crippen molar-refractivity contribution in [3.63, 3.8) is 0 Å². The Morgan fingerprint density at radius 3 is 2.67 bits per heavy atom. The standard InChI is InChI=1S/C19H23ClN2O2/c1-13-2-8-16(9-3-13)22-18(23)10-11-19-21-12-17(24-19)14-4-6-15(20)7-5-14/h4-7,12-13,16H,2-3,8-11H2,1H3,(H,22,23). The lowest BCUT2D eigenvalue weighted by Crippen LogP contribution is -2.37. The molecule has 1 heterocycles. The highest BCUT2D eigenvalue weighted by molar-refractivity contribution is 6.30. The summed E-state index contributed by atoms with van der Waals surface area (Å²) in [7, 11) is 0. The first-order chi connectivity index (χ1) is 11.6. The molecular weight excluding hydrogens is 324 g/mol. The zero-order valence-electron chi connectivity index (χ0n) is 13.9. The molecule has 24 heavy (non-hydrogen) atoms. The van der Waals surface area contributed by atoms with Crippen LogP contribution in [-0.2, 0) is 11.2 Å². The van der Waals surface area contributed by atoms with Crippen LogP contribution >= 0.6 is 11.6 Å². The number of aromatic nitrogens is 1. The number of nitrogens with one attached hydrogen (secondary N) is 1. The normalized spacial score (nSPS) is 20.8. The highest BCUT2D eigenvalue weighted by atomic mass is 35.5. The van der Waals surface area contributed by atoms with Crippen molar-refractivity contribution < 1.29 is 9.21 Å². The largest absolute Gasteiger partial charge is 0.441 e. The van der Waals surface area contributed by atoms with Crippen LogP contribution < -0.4 is 5.32 Å². The summed E-state index contributed by atoms with van der Waals surface area (Å²) in [5.41, 5.74) is 0.930. The Morgan fingerprint density at radius 1 is 1.25 bits per heavy atom. The highest BCUT2D eigenvalue weighted by Gasteiger charge is 2.19. The quantitative estimate of drug-likeness (QED) is 0.859. The number of carbonyl (C=O) groups excluding carboxylic acids is 1. The Morgan fingerprint density at radius 2 is 1.96 bits per heavy atom. The van der Waals surface area contributed by atoms with Crippen molar-refractivity contribution in [1.29, 1.82) is 0 Å². The number of benzene rings is 1. The summed E-state index contributed by atoms with van der Waals surface area (Å²) in [6.45, 7) is 2.28. The Kier molecular flexibility index (Phi) is 5.56. The monoisotopic (exact) mass is 346 g/mol. The second kappa shape index (κ2) is 7.84. The van der Waals surface area contributed by atoms with Crippen LogP contribution in [0.1, 0.15) is 44.9 Å². The fourth-order valence-corrected chi connectivity index (χ4v) is 3.22. The number of nitrogens with zero attached hydrogens (tertiary/aromatic N) is 1. The van der Waals surface area contributed by atoms with E-state index >= 15 is 0 Å². The Hall–Kier alpha value is -1.81. The summed E-state index contributed by atoms with van der Waals surface area (Å²) in [6.07, 6.45) is 7.21. The van der Waals surface area contributed by atoms with E-state index in [2.05, 4.69) is 17.2 Å². The third-order valence-electron chi connectivity index (χ3n) is 4.63. The van der Waals surface area contributed by atoms with Gasteiger partial charge in [-0.1, -0.05) is 18.5 Å². The Balaban J connectivity index is 1.48. The molecule has 3 rings (SSSR count). The first kappa shape index (κ1) is 17.0. The van der Waals surface area contributed by atoms with Crippen molar-refractivity contribution in [3.05, 3.63) is 41.4 Å². The minimum Gasteiger partial charge on any atom is -0.441 e. The molecule has 0 bridgehead atoms. The van der Waals surface area contributed by atoms with Crippen molar-refractivity contribution in [2.45, 2.75) is 51.5 Å². The molecule has 0 atom stereocenters. The van der Waals surface area contributed by atoms with Gasteiger partial charge in [0.05, 0.1) is 6.20 Å². The van der Waals surface area contributed by atoms with Crippen LogP contribution in [0.5, 0.6) is 0 Å². The molecular formula is C19H23ClN2O2. The molecule has 1 aliphatic carbocycles. The molecule has 1 aliphatic rings. The molecule has 1 saturated carbocycles. The third-order valence-corrected chi connectivity index (χ3v) is 4.88. The zero-order valence-corrected chi connectivity index (χ0v) is 14.7. The first-order valence-corrected chi connectivity index (χ1v) is 8.98. The summed E-state index contributed by atoms with van der Waals surface area (Å²) in [6, 6.07) is 7.75. The third kappa shape index (κ3) is 4.60. The molecule has 2 aromatic rings. The second-order valence-electron chi connectivity index (χ2n) is 6.65. The van der Waals surface area contributed by atoms with Crippen molar-refractivity contribution in [2.24, 2.45) is 5.92 Å². The molecule has 1 amide bonds. The van der Waals surface area contributed by atoms with Gasteiger partial charge in [0.15, 0.2) is 11.7 Å². The van der Waals surface area contributed by atoms with Crippen LogP contribution in [0.2, 0.25) is 5.02 Å².